The summed E-state index contributed by atoms with van der Waals surface area (Å²) >= 11 is 0. The number of nitrogens with zero attached hydrogens (tertiary/aromatic N) is 4. The van der Waals surface area contributed by atoms with Gasteiger partial charge in [0, 0.05) is 50.2 Å². The summed E-state index contributed by atoms with van der Waals surface area (Å²) in [6, 6.07) is 10.5. The lowest BCUT2D eigenvalue weighted by Crippen LogP contribution is -2.30. The molecule has 3 aromatic heterocycles. The van der Waals surface area contributed by atoms with Crippen molar-refractivity contribution in [2.45, 2.75) is 37.8 Å². The van der Waals surface area contributed by atoms with Crippen molar-refractivity contribution >= 4 is 22.6 Å². The lowest BCUT2D eigenvalue weighted by atomic mass is 9.81. The molecule has 4 heterocycles. The summed E-state index contributed by atoms with van der Waals surface area (Å²) in [6.45, 7) is 2.59. The van der Waals surface area contributed by atoms with Crippen LogP contribution >= 0.6 is 0 Å². The Labute approximate surface area is 186 Å². The number of nitriles is 1. The van der Waals surface area contributed by atoms with E-state index in [0.717, 1.165) is 47.1 Å². The molecule has 1 saturated heterocycles. The van der Waals surface area contributed by atoms with Crippen LogP contribution in [0.4, 0.5) is 5.82 Å². The Morgan fingerprint density at radius 2 is 2.25 bits per heavy atom. The Hall–Kier alpha value is -3.28. The van der Waals surface area contributed by atoms with Crippen LogP contribution in [0.1, 0.15) is 37.9 Å². The van der Waals surface area contributed by atoms with Gasteiger partial charge in [-0.05, 0) is 31.0 Å². The van der Waals surface area contributed by atoms with E-state index in [1.54, 1.807) is 13.3 Å². The van der Waals surface area contributed by atoms with Crippen LogP contribution in [0.5, 0.6) is 0 Å². The number of fused-ring (bicyclic) bond motifs is 1. The van der Waals surface area contributed by atoms with Gasteiger partial charge in [-0.2, -0.15) is 5.26 Å². The molecule has 1 N–H and O–H groups in total. The minimum absolute atomic E-state index is 0.0953. The molecule has 1 aliphatic carbocycles. The van der Waals surface area contributed by atoms with Crippen molar-refractivity contribution < 1.29 is 14.3 Å². The molecule has 8 nitrogen and oxygen atoms in total. The molecule has 1 atom stereocenters. The average Bonchev–Trinajstić information content (AvgIpc) is 3.39. The van der Waals surface area contributed by atoms with Crippen LogP contribution in [0.25, 0.3) is 22.2 Å². The molecule has 1 saturated carbocycles. The van der Waals surface area contributed by atoms with E-state index in [1.807, 2.05) is 24.3 Å². The van der Waals surface area contributed by atoms with Gasteiger partial charge < -0.3 is 19.4 Å². The quantitative estimate of drug-likeness (QED) is 0.659. The largest absolute Gasteiger partial charge is 0.378 e. The van der Waals surface area contributed by atoms with Gasteiger partial charge in [0.2, 0.25) is 5.91 Å². The summed E-state index contributed by atoms with van der Waals surface area (Å²) in [5, 5.41) is 12.9. The first-order valence-corrected chi connectivity index (χ1v) is 10.8. The highest BCUT2D eigenvalue weighted by atomic mass is 16.5. The van der Waals surface area contributed by atoms with Crippen molar-refractivity contribution in [3.63, 3.8) is 0 Å². The minimum Gasteiger partial charge on any atom is -0.378 e. The Kier molecular flexibility index (Phi) is 5.16. The van der Waals surface area contributed by atoms with E-state index in [9.17, 15) is 10.1 Å². The zero-order valence-corrected chi connectivity index (χ0v) is 18.2. The third kappa shape index (κ3) is 3.44. The SMILES string of the molecule is COC1(c2cccc(-c3cn(C4CC(C#N)C4)c4cnc(NC(C)=O)cc34)n2)CCOC1. The molecule has 32 heavy (non-hydrogen) atoms. The predicted molar refractivity (Wildman–Crippen MR) is 119 cm³/mol. The molecule has 0 radical (unpaired) electrons. The second-order valence-corrected chi connectivity index (χ2v) is 8.58. The molecule has 1 unspecified atom stereocenters. The molecule has 2 fully saturated rings. The maximum absolute atomic E-state index is 11.6. The van der Waals surface area contributed by atoms with Gasteiger partial charge in [-0.25, -0.2) is 9.97 Å². The number of aromatic nitrogens is 3. The molecular formula is C24H25N5O3. The van der Waals surface area contributed by atoms with Crippen LogP contribution in [0, 0.1) is 17.2 Å². The monoisotopic (exact) mass is 431 g/mol. The van der Waals surface area contributed by atoms with E-state index >= 15 is 0 Å². The highest BCUT2D eigenvalue weighted by Crippen LogP contribution is 2.42. The number of hydrogen-bond acceptors (Lipinski definition) is 6. The van der Waals surface area contributed by atoms with E-state index < -0.39 is 5.60 Å². The number of carbonyl (C=O) groups is 1. The zero-order chi connectivity index (χ0) is 22.3. The molecule has 1 amide bonds. The fraction of sp³-hybridized carbons (Fsp3) is 0.417. The Balaban J connectivity index is 1.62. The van der Waals surface area contributed by atoms with Crippen molar-refractivity contribution in [3.8, 4) is 17.3 Å². The van der Waals surface area contributed by atoms with E-state index in [1.165, 1.54) is 6.92 Å². The normalized spacial score (nSPS) is 24.8. The van der Waals surface area contributed by atoms with Gasteiger partial charge in [0.25, 0.3) is 0 Å². The number of pyridine rings is 2. The van der Waals surface area contributed by atoms with Gasteiger partial charge >= 0.3 is 0 Å². The van der Waals surface area contributed by atoms with Gasteiger partial charge in [0.15, 0.2) is 0 Å². The first-order valence-electron chi connectivity index (χ1n) is 10.8. The number of amides is 1. The highest BCUT2D eigenvalue weighted by Gasteiger charge is 2.38. The van der Waals surface area contributed by atoms with Gasteiger partial charge in [-0.1, -0.05) is 6.07 Å². The van der Waals surface area contributed by atoms with E-state index in [2.05, 4.69) is 27.1 Å². The molecule has 1 aliphatic heterocycles. The van der Waals surface area contributed by atoms with Crippen LogP contribution in [-0.4, -0.2) is 40.8 Å². The first-order chi connectivity index (χ1) is 15.5. The summed E-state index contributed by atoms with van der Waals surface area (Å²) < 4.78 is 13.6. The topological polar surface area (TPSA) is 102 Å². The van der Waals surface area contributed by atoms with Crippen LogP contribution in [0.15, 0.2) is 36.7 Å². The highest BCUT2D eigenvalue weighted by molar-refractivity contribution is 5.98. The van der Waals surface area contributed by atoms with E-state index in [0.29, 0.717) is 19.0 Å². The lowest BCUT2D eigenvalue weighted by Gasteiger charge is -2.32. The number of rotatable bonds is 5. The number of anilines is 1. The van der Waals surface area contributed by atoms with Gasteiger partial charge in [0.05, 0.1) is 41.7 Å². The van der Waals surface area contributed by atoms with Crippen molar-refractivity contribution in [2.24, 2.45) is 5.92 Å². The molecule has 0 bridgehead atoms. The summed E-state index contributed by atoms with van der Waals surface area (Å²) in [4.78, 5) is 21.0. The van der Waals surface area contributed by atoms with Crippen LogP contribution in [0.3, 0.4) is 0 Å². The maximum atomic E-state index is 11.6. The standard InChI is InChI=1S/C24H25N5O3/c1-15(30)27-23-10-18-19(13-29(21(18)12-26-23)17-8-16(9-17)11-25)20-4-3-5-22(28-20)24(31-2)6-7-32-14-24/h3-5,10,12-13,16-17H,6-9,14H2,1-2H3,(H,26,27,30). The molecule has 164 valence electrons. The average molecular weight is 431 g/mol. The fourth-order valence-electron chi connectivity index (χ4n) is 4.68. The Morgan fingerprint density at radius 1 is 1.41 bits per heavy atom. The van der Waals surface area contributed by atoms with Crippen LogP contribution in [-0.2, 0) is 19.9 Å². The molecule has 0 spiro atoms. The van der Waals surface area contributed by atoms with E-state index in [4.69, 9.17) is 14.5 Å². The summed E-state index contributed by atoms with van der Waals surface area (Å²) in [7, 11) is 1.70. The summed E-state index contributed by atoms with van der Waals surface area (Å²) in [5.41, 5.74) is 3.06. The molecular weight excluding hydrogens is 406 g/mol. The van der Waals surface area contributed by atoms with Gasteiger partial charge in [0.1, 0.15) is 11.4 Å². The third-order valence-electron chi connectivity index (χ3n) is 6.58. The smallest absolute Gasteiger partial charge is 0.222 e. The minimum atomic E-state index is -0.536. The van der Waals surface area contributed by atoms with Crippen molar-refractivity contribution in [2.75, 3.05) is 25.6 Å². The zero-order valence-electron chi connectivity index (χ0n) is 18.2. The van der Waals surface area contributed by atoms with Crippen molar-refractivity contribution in [3.05, 3.63) is 42.4 Å². The molecule has 8 heteroatoms. The first kappa shape index (κ1) is 20.6. The molecule has 0 aromatic carbocycles. The number of ether oxygens (including phenoxy) is 2. The van der Waals surface area contributed by atoms with Crippen molar-refractivity contribution in [1.29, 1.82) is 5.26 Å². The molecule has 5 rings (SSSR count). The molecule has 2 aliphatic rings. The number of carbonyl (C=O) groups excluding carboxylic acids is 1. The fourth-order valence-corrected chi connectivity index (χ4v) is 4.68. The van der Waals surface area contributed by atoms with Crippen molar-refractivity contribution in [1.82, 2.24) is 14.5 Å². The Morgan fingerprint density at radius 3 is 2.94 bits per heavy atom. The molecule has 3 aromatic rings. The van der Waals surface area contributed by atoms with Gasteiger partial charge in [-0.15, -0.1) is 0 Å². The third-order valence-corrected chi connectivity index (χ3v) is 6.58. The maximum Gasteiger partial charge on any atom is 0.222 e. The summed E-state index contributed by atoms with van der Waals surface area (Å²) in [6.07, 6.45) is 6.29. The van der Waals surface area contributed by atoms with Crippen LogP contribution in [0.2, 0.25) is 0 Å². The van der Waals surface area contributed by atoms with Gasteiger partial charge in [-0.3, -0.25) is 4.79 Å². The lowest BCUT2D eigenvalue weighted by molar-refractivity contribution is -0.114. The predicted octanol–water partition coefficient (Wildman–Crippen LogP) is 3.79. The number of hydrogen-bond donors (Lipinski definition) is 1. The Bertz CT molecular complexity index is 1220. The number of methoxy groups -OCH3 is 1. The second kappa shape index (κ2) is 8.01. The van der Waals surface area contributed by atoms with E-state index in [-0.39, 0.29) is 17.9 Å². The number of nitrogens with one attached hydrogen (secondary N) is 1. The summed E-state index contributed by atoms with van der Waals surface area (Å²) in [5.74, 6) is 0.427. The second-order valence-electron chi connectivity index (χ2n) is 8.58. The van der Waals surface area contributed by atoms with Crippen LogP contribution < -0.4 is 5.32 Å².